The van der Waals surface area contributed by atoms with Crippen LogP contribution in [0.5, 0.6) is 5.75 Å². The van der Waals surface area contributed by atoms with E-state index in [-0.39, 0.29) is 23.7 Å². The number of fused-ring (bicyclic) bond motifs is 2. The van der Waals surface area contributed by atoms with E-state index in [1.54, 1.807) is 22.8 Å². The monoisotopic (exact) mass is 429 g/mol. The SMILES string of the molecule is NS(=O)(=O)c1ccc(OCCOC(=O)c2ccc3c(=O)n4c(nc3c2)CCC4)cc1. The van der Waals surface area contributed by atoms with Gasteiger partial charge in [0.2, 0.25) is 10.0 Å². The quantitative estimate of drug-likeness (QED) is 0.460. The molecule has 1 aromatic heterocycles. The van der Waals surface area contributed by atoms with Gasteiger partial charge in [0.05, 0.1) is 21.4 Å². The summed E-state index contributed by atoms with van der Waals surface area (Å²) in [4.78, 5) is 29.3. The molecule has 0 bridgehead atoms. The molecule has 0 radical (unpaired) electrons. The number of carbonyl (C=O) groups excluding carboxylic acids is 1. The van der Waals surface area contributed by atoms with E-state index < -0.39 is 16.0 Å². The Morgan fingerprint density at radius 2 is 1.90 bits per heavy atom. The fourth-order valence-electron chi connectivity index (χ4n) is 3.31. The molecule has 2 aromatic carbocycles. The van der Waals surface area contributed by atoms with Crippen LogP contribution in [-0.2, 0) is 27.7 Å². The first-order valence-electron chi connectivity index (χ1n) is 9.29. The molecular formula is C20H19N3O6S. The fourth-order valence-corrected chi connectivity index (χ4v) is 3.83. The van der Waals surface area contributed by atoms with Gasteiger partial charge in [0.25, 0.3) is 5.56 Å². The van der Waals surface area contributed by atoms with E-state index in [1.165, 1.54) is 24.3 Å². The number of hydrogen-bond donors (Lipinski definition) is 1. The third kappa shape index (κ3) is 4.05. The second-order valence-electron chi connectivity index (χ2n) is 6.82. The second kappa shape index (κ2) is 7.88. The van der Waals surface area contributed by atoms with E-state index in [2.05, 4.69) is 4.98 Å². The molecule has 0 spiro atoms. The van der Waals surface area contributed by atoms with Crippen molar-refractivity contribution in [2.45, 2.75) is 24.3 Å². The number of nitrogens with two attached hydrogens (primary N) is 1. The molecule has 1 aliphatic heterocycles. The molecule has 0 saturated carbocycles. The summed E-state index contributed by atoms with van der Waals surface area (Å²) in [7, 11) is -3.76. The number of hydrogen-bond acceptors (Lipinski definition) is 7. The Hall–Kier alpha value is -3.24. The highest BCUT2D eigenvalue weighted by Crippen LogP contribution is 2.17. The molecule has 0 aliphatic carbocycles. The normalized spacial score (nSPS) is 13.2. The lowest BCUT2D eigenvalue weighted by molar-refractivity contribution is 0.0450. The Balaban J connectivity index is 1.37. The van der Waals surface area contributed by atoms with Crippen LogP contribution in [0.15, 0.2) is 52.2 Å². The Bertz CT molecular complexity index is 1280. The lowest BCUT2D eigenvalue weighted by Crippen LogP contribution is -2.21. The predicted molar refractivity (Wildman–Crippen MR) is 108 cm³/mol. The van der Waals surface area contributed by atoms with Crippen LogP contribution in [0.4, 0.5) is 0 Å². The fraction of sp³-hybridized carbons (Fsp3) is 0.250. The number of sulfonamides is 1. The molecule has 10 heteroatoms. The lowest BCUT2D eigenvalue weighted by Gasteiger charge is -2.09. The van der Waals surface area contributed by atoms with Gasteiger partial charge in [0, 0.05) is 13.0 Å². The number of rotatable bonds is 6. The summed E-state index contributed by atoms with van der Waals surface area (Å²) in [6, 6.07) is 10.3. The first-order chi connectivity index (χ1) is 14.3. The first kappa shape index (κ1) is 20.0. The molecular weight excluding hydrogens is 410 g/mol. The standard InChI is InChI=1S/C20H19N3O6S/c21-30(26,27)15-6-4-14(5-7-15)28-10-11-29-20(25)13-3-8-16-17(12-13)22-18-2-1-9-23(18)19(16)24/h3-8,12H,1-2,9-11H2,(H2,21,26,27). The second-order valence-corrected chi connectivity index (χ2v) is 8.38. The number of nitrogens with zero attached hydrogens (tertiary/aromatic N) is 2. The van der Waals surface area contributed by atoms with Gasteiger partial charge >= 0.3 is 5.97 Å². The van der Waals surface area contributed by atoms with Gasteiger partial charge in [-0.25, -0.2) is 23.3 Å². The van der Waals surface area contributed by atoms with Crippen molar-refractivity contribution in [3.05, 3.63) is 64.2 Å². The topological polar surface area (TPSA) is 131 Å². The van der Waals surface area contributed by atoms with Gasteiger partial charge in [-0.15, -0.1) is 0 Å². The van der Waals surface area contributed by atoms with Crippen LogP contribution in [0, 0.1) is 0 Å². The summed E-state index contributed by atoms with van der Waals surface area (Å²) >= 11 is 0. The van der Waals surface area contributed by atoms with Gasteiger partial charge < -0.3 is 9.47 Å². The van der Waals surface area contributed by atoms with Crippen LogP contribution in [0.25, 0.3) is 10.9 Å². The first-order valence-corrected chi connectivity index (χ1v) is 10.8. The molecule has 30 heavy (non-hydrogen) atoms. The number of ether oxygens (including phenoxy) is 2. The van der Waals surface area contributed by atoms with Crippen molar-refractivity contribution in [2.75, 3.05) is 13.2 Å². The van der Waals surface area contributed by atoms with Gasteiger partial charge in [-0.1, -0.05) is 0 Å². The summed E-state index contributed by atoms with van der Waals surface area (Å²) in [5.74, 6) is 0.607. The summed E-state index contributed by atoms with van der Waals surface area (Å²) < 4.78 is 34.8. The van der Waals surface area contributed by atoms with Crippen molar-refractivity contribution in [1.82, 2.24) is 9.55 Å². The summed E-state index contributed by atoms with van der Waals surface area (Å²) in [5, 5.41) is 5.51. The Morgan fingerprint density at radius 3 is 2.63 bits per heavy atom. The average molecular weight is 429 g/mol. The minimum atomic E-state index is -3.76. The maximum atomic E-state index is 12.5. The summed E-state index contributed by atoms with van der Waals surface area (Å²) in [6.07, 6.45) is 1.63. The maximum absolute atomic E-state index is 12.5. The molecule has 4 rings (SSSR count). The van der Waals surface area contributed by atoms with E-state index in [0.717, 1.165) is 18.7 Å². The Labute approximate surface area is 172 Å². The highest BCUT2D eigenvalue weighted by molar-refractivity contribution is 7.89. The van der Waals surface area contributed by atoms with Crippen LogP contribution in [0.1, 0.15) is 22.6 Å². The average Bonchev–Trinajstić information content (AvgIpc) is 3.19. The minimum absolute atomic E-state index is 0.00587. The molecule has 2 heterocycles. The van der Waals surface area contributed by atoms with E-state index in [1.807, 2.05) is 0 Å². The molecule has 0 saturated heterocycles. The minimum Gasteiger partial charge on any atom is -0.490 e. The summed E-state index contributed by atoms with van der Waals surface area (Å²) in [6.45, 7) is 0.751. The zero-order valence-corrected chi connectivity index (χ0v) is 16.7. The van der Waals surface area contributed by atoms with Gasteiger partial charge in [-0.2, -0.15) is 0 Å². The highest BCUT2D eigenvalue weighted by Gasteiger charge is 2.17. The van der Waals surface area contributed by atoms with Crippen molar-refractivity contribution in [3.63, 3.8) is 0 Å². The number of carbonyl (C=O) groups is 1. The third-order valence-corrected chi connectivity index (χ3v) is 5.72. The van der Waals surface area contributed by atoms with Gasteiger partial charge in [0.1, 0.15) is 24.8 Å². The molecule has 1 aliphatic rings. The molecule has 3 aromatic rings. The smallest absolute Gasteiger partial charge is 0.338 e. The van der Waals surface area contributed by atoms with Crippen LogP contribution < -0.4 is 15.4 Å². The number of aromatic nitrogens is 2. The molecule has 156 valence electrons. The van der Waals surface area contributed by atoms with E-state index in [9.17, 15) is 18.0 Å². The number of benzene rings is 2. The lowest BCUT2D eigenvalue weighted by atomic mass is 10.1. The number of aryl methyl sites for hydroxylation is 1. The van der Waals surface area contributed by atoms with Crippen molar-refractivity contribution < 1.29 is 22.7 Å². The van der Waals surface area contributed by atoms with Crippen LogP contribution in [0.3, 0.4) is 0 Å². The number of esters is 1. The molecule has 0 atom stereocenters. The Morgan fingerprint density at radius 1 is 1.13 bits per heavy atom. The van der Waals surface area contributed by atoms with E-state index >= 15 is 0 Å². The van der Waals surface area contributed by atoms with E-state index in [4.69, 9.17) is 14.6 Å². The van der Waals surface area contributed by atoms with Gasteiger partial charge in [-0.05, 0) is 48.9 Å². The number of primary sulfonamides is 1. The molecule has 9 nitrogen and oxygen atoms in total. The zero-order chi connectivity index (χ0) is 21.3. The molecule has 2 N–H and O–H groups in total. The van der Waals surface area contributed by atoms with Crippen LogP contribution in [-0.4, -0.2) is 37.2 Å². The van der Waals surface area contributed by atoms with Crippen molar-refractivity contribution in [3.8, 4) is 5.75 Å². The van der Waals surface area contributed by atoms with E-state index in [0.29, 0.717) is 28.8 Å². The van der Waals surface area contributed by atoms with Gasteiger partial charge in [0.15, 0.2) is 0 Å². The van der Waals surface area contributed by atoms with Gasteiger partial charge in [-0.3, -0.25) is 9.36 Å². The third-order valence-electron chi connectivity index (χ3n) is 4.79. The molecule has 0 amide bonds. The largest absolute Gasteiger partial charge is 0.490 e. The molecule has 0 fully saturated rings. The summed E-state index contributed by atoms with van der Waals surface area (Å²) in [5.41, 5.74) is 0.693. The van der Waals surface area contributed by atoms with Crippen molar-refractivity contribution in [2.24, 2.45) is 5.14 Å². The van der Waals surface area contributed by atoms with Crippen molar-refractivity contribution >= 4 is 26.9 Å². The maximum Gasteiger partial charge on any atom is 0.338 e. The van der Waals surface area contributed by atoms with Crippen LogP contribution in [0.2, 0.25) is 0 Å². The predicted octanol–water partition coefficient (Wildman–Crippen LogP) is 1.23. The Kier molecular flexibility index (Phi) is 5.27. The zero-order valence-electron chi connectivity index (χ0n) is 15.9. The highest BCUT2D eigenvalue weighted by atomic mass is 32.2. The van der Waals surface area contributed by atoms with Crippen molar-refractivity contribution in [1.29, 1.82) is 0 Å². The molecule has 0 unspecified atom stereocenters. The van der Waals surface area contributed by atoms with Crippen LogP contribution >= 0.6 is 0 Å².